The Morgan fingerprint density at radius 1 is 1.17 bits per heavy atom. The SMILES string of the molecule is Cc1noc(C)c1-n1c(=O)n(C)c2ccccc21. The number of fused-ring (bicyclic) bond motifs is 1. The minimum absolute atomic E-state index is 0.0920. The van der Waals surface area contributed by atoms with Crippen molar-refractivity contribution in [1.82, 2.24) is 14.3 Å². The second-order valence-corrected chi connectivity index (χ2v) is 4.34. The predicted molar refractivity (Wildman–Crippen MR) is 68.1 cm³/mol. The van der Waals surface area contributed by atoms with Crippen molar-refractivity contribution < 1.29 is 4.52 Å². The van der Waals surface area contributed by atoms with E-state index in [0.717, 1.165) is 16.7 Å². The summed E-state index contributed by atoms with van der Waals surface area (Å²) in [7, 11) is 1.76. The van der Waals surface area contributed by atoms with Gasteiger partial charge in [0.25, 0.3) is 0 Å². The number of imidazole rings is 1. The molecule has 0 aliphatic rings. The van der Waals surface area contributed by atoms with Gasteiger partial charge < -0.3 is 4.52 Å². The lowest BCUT2D eigenvalue weighted by atomic mass is 10.3. The highest BCUT2D eigenvalue weighted by atomic mass is 16.5. The van der Waals surface area contributed by atoms with E-state index in [4.69, 9.17) is 4.52 Å². The van der Waals surface area contributed by atoms with Crippen molar-refractivity contribution in [3.8, 4) is 5.69 Å². The summed E-state index contributed by atoms with van der Waals surface area (Å²) >= 11 is 0. The van der Waals surface area contributed by atoms with Crippen molar-refractivity contribution in [2.45, 2.75) is 13.8 Å². The van der Waals surface area contributed by atoms with Crippen LogP contribution in [0, 0.1) is 13.8 Å². The van der Waals surface area contributed by atoms with Crippen molar-refractivity contribution >= 4 is 11.0 Å². The molecule has 3 aromatic rings. The molecule has 0 bridgehead atoms. The first kappa shape index (κ1) is 10.8. The van der Waals surface area contributed by atoms with Gasteiger partial charge in [0.05, 0.1) is 11.0 Å². The van der Waals surface area contributed by atoms with Crippen LogP contribution in [0.3, 0.4) is 0 Å². The minimum atomic E-state index is -0.0920. The van der Waals surface area contributed by atoms with Gasteiger partial charge in [0.1, 0.15) is 11.4 Å². The van der Waals surface area contributed by atoms with E-state index >= 15 is 0 Å². The maximum atomic E-state index is 12.3. The molecule has 0 saturated carbocycles. The molecule has 2 heterocycles. The highest BCUT2D eigenvalue weighted by Crippen LogP contribution is 2.21. The lowest BCUT2D eigenvalue weighted by Crippen LogP contribution is -2.21. The van der Waals surface area contributed by atoms with Gasteiger partial charge in [-0.05, 0) is 26.0 Å². The molecular formula is C13H13N3O2. The molecule has 2 aromatic heterocycles. The highest BCUT2D eigenvalue weighted by Gasteiger charge is 2.18. The van der Waals surface area contributed by atoms with Crippen LogP contribution in [0.1, 0.15) is 11.5 Å². The number of hydrogen-bond acceptors (Lipinski definition) is 3. The van der Waals surface area contributed by atoms with Crippen molar-refractivity contribution in [3.63, 3.8) is 0 Å². The summed E-state index contributed by atoms with van der Waals surface area (Å²) in [6.45, 7) is 3.64. The summed E-state index contributed by atoms with van der Waals surface area (Å²) < 4.78 is 8.42. The standard InChI is InChI=1S/C13H13N3O2/c1-8-12(9(2)18-14-8)16-11-7-5-4-6-10(11)15(3)13(16)17/h4-7H,1-3H3. The topological polar surface area (TPSA) is 53.0 Å². The third kappa shape index (κ3) is 1.27. The number of aryl methyl sites for hydroxylation is 3. The van der Waals surface area contributed by atoms with E-state index in [-0.39, 0.29) is 5.69 Å². The Kier molecular flexibility index (Phi) is 2.16. The lowest BCUT2D eigenvalue weighted by molar-refractivity contribution is 0.393. The average molecular weight is 243 g/mol. The van der Waals surface area contributed by atoms with Crippen LogP contribution < -0.4 is 5.69 Å². The van der Waals surface area contributed by atoms with Crippen LogP contribution in [0.25, 0.3) is 16.7 Å². The first-order valence-corrected chi connectivity index (χ1v) is 5.71. The van der Waals surface area contributed by atoms with Crippen LogP contribution in [0.5, 0.6) is 0 Å². The largest absolute Gasteiger partial charge is 0.359 e. The molecule has 0 fully saturated rings. The van der Waals surface area contributed by atoms with Gasteiger partial charge in [-0.1, -0.05) is 17.3 Å². The van der Waals surface area contributed by atoms with Crippen molar-refractivity contribution in [2.75, 3.05) is 0 Å². The predicted octanol–water partition coefficient (Wildman–Crippen LogP) is 1.93. The molecule has 1 aromatic carbocycles. The monoisotopic (exact) mass is 243 g/mol. The molecule has 5 nitrogen and oxygen atoms in total. The normalized spacial score (nSPS) is 11.3. The van der Waals surface area contributed by atoms with Gasteiger partial charge in [-0.3, -0.25) is 9.13 Å². The summed E-state index contributed by atoms with van der Waals surface area (Å²) in [5.41, 5.74) is 3.11. The lowest BCUT2D eigenvalue weighted by Gasteiger charge is -2.01. The quantitative estimate of drug-likeness (QED) is 0.656. The molecule has 0 N–H and O–H groups in total. The second-order valence-electron chi connectivity index (χ2n) is 4.34. The zero-order chi connectivity index (χ0) is 12.9. The first-order valence-electron chi connectivity index (χ1n) is 5.71. The van der Waals surface area contributed by atoms with E-state index in [1.165, 1.54) is 0 Å². The number of aromatic nitrogens is 3. The molecule has 0 saturated heterocycles. The van der Waals surface area contributed by atoms with E-state index in [1.807, 2.05) is 38.1 Å². The van der Waals surface area contributed by atoms with Gasteiger partial charge in [-0.2, -0.15) is 0 Å². The van der Waals surface area contributed by atoms with Crippen molar-refractivity contribution in [2.24, 2.45) is 7.05 Å². The summed E-state index contributed by atoms with van der Waals surface area (Å²) in [4.78, 5) is 12.3. The maximum Gasteiger partial charge on any atom is 0.333 e. The number of benzene rings is 1. The Labute approximate surface area is 103 Å². The molecule has 5 heteroatoms. The van der Waals surface area contributed by atoms with Crippen LogP contribution >= 0.6 is 0 Å². The van der Waals surface area contributed by atoms with Gasteiger partial charge >= 0.3 is 5.69 Å². The van der Waals surface area contributed by atoms with E-state index < -0.39 is 0 Å². The number of rotatable bonds is 1. The summed E-state index contributed by atoms with van der Waals surface area (Å²) in [5, 5.41) is 3.91. The number of hydrogen-bond donors (Lipinski definition) is 0. The Morgan fingerprint density at radius 3 is 2.44 bits per heavy atom. The molecule has 0 unspecified atom stereocenters. The smallest absolute Gasteiger partial charge is 0.333 e. The van der Waals surface area contributed by atoms with Crippen LogP contribution in [0.4, 0.5) is 0 Å². The first-order chi connectivity index (χ1) is 8.61. The zero-order valence-electron chi connectivity index (χ0n) is 10.5. The average Bonchev–Trinajstić information content (AvgIpc) is 2.81. The summed E-state index contributed by atoms with van der Waals surface area (Å²) in [6.07, 6.45) is 0. The van der Waals surface area contributed by atoms with Gasteiger partial charge in [-0.15, -0.1) is 0 Å². The summed E-state index contributed by atoms with van der Waals surface area (Å²) in [5.74, 6) is 0.644. The molecule has 0 atom stereocenters. The van der Waals surface area contributed by atoms with Gasteiger partial charge in [0.2, 0.25) is 0 Å². The molecule has 3 rings (SSSR count). The molecular weight excluding hydrogens is 230 g/mol. The second kappa shape index (κ2) is 3.60. The van der Waals surface area contributed by atoms with Crippen molar-refractivity contribution in [3.05, 3.63) is 46.2 Å². The van der Waals surface area contributed by atoms with Gasteiger partial charge in [0, 0.05) is 7.05 Å². The van der Waals surface area contributed by atoms with Gasteiger partial charge in [0.15, 0.2) is 5.76 Å². The molecule has 92 valence electrons. The van der Waals surface area contributed by atoms with E-state index in [1.54, 1.807) is 16.2 Å². The Bertz CT molecular complexity index is 773. The zero-order valence-corrected chi connectivity index (χ0v) is 10.5. The summed E-state index contributed by atoms with van der Waals surface area (Å²) in [6, 6.07) is 7.67. The third-order valence-corrected chi connectivity index (χ3v) is 3.18. The molecule has 0 spiro atoms. The van der Waals surface area contributed by atoms with E-state index in [9.17, 15) is 4.79 Å². The Balaban J connectivity index is 2.51. The molecule has 0 aliphatic heterocycles. The molecule has 0 amide bonds. The maximum absolute atomic E-state index is 12.3. The van der Waals surface area contributed by atoms with Crippen LogP contribution in [0.15, 0.2) is 33.6 Å². The molecule has 18 heavy (non-hydrogen) atoms. The highest BCUT2D eigenvalue weighted by molar-refractivity contribution is 5.78. The minimum Gasteiger partial charge on any atom is -0.359 e. The molecule has 0 radical (unpaired) electrons. The fourth-order valence-corrected chi connectivity index (χ4v) is 2.31. The van der Waals surface area contributed by atoms with Gasteiger partial charge in [-0.25, -0.2) is 4.79 Å². The van der Waals surface area contributed by atoms with Crippen LogP contribution in [0.2, 0.25) is 0 Å². The third-order valence-electron chi connectivity index (χ3n) is 3.18. The molecule has 0 aliphatic carbocycles. The fraction of sp³-hybridized carbons (Fsp3) is 0.231. The van der Waals surface area contributed by atoms with Crippen LogP contribution in [-0.2, 0) is 7.05 Å². The number of para-hydroxylation sites is 2. The van der Waals surface area contributed by atoms with E-state index in [2.05, 4.69) is 5.16 Å². The van der Waals surface area contributed by atoms with Crippen LogP contribution in [-0.4, -0.2) is 14.3 Å². The Morgan fingerprint density at radius 2 is 1.83 bits per heavy atom. The number of nitrogens with zero attached hydrogens (tertiary/aromatic N) is 3. The Hall–Kier alpha value is -2.30. The fourth-order valence-electron chi connectivity index (χ4n) is 2.31. The van der Waals surface area contributed by atoms with Crippen molar-refractivity contribution in [1.29, 1.82) is 0 Å². The van der Waals surface area contributed by atoms with E-state index in [0.29, 0.717) is 11.5 Å².